The minimum absolute atomic E-state index is 0.278. The fourth-order valence-electron chi connectivity index (χ4n) is 1.78. The molecular formula is C11H14N4S. The van der Waals surface area contributed by atoms with Crippen molar-refractivity contribution in [3.05, 3.63) is 35.9 Å². The van der Waals surface area contributed by atoms with E-state index in [4.69, 9.17) is 23.4 Å². The summed E-state index contributed by atoms with van der Waals surface area (Å²) >= 11 is 4.89. The largest absolute Gasteiger partial charge is 0.376 e. The molecule has 1 heterocycles. The topological polar surface area (TPSA) is 56.4 Å². The van der Waals surface area contributed by atoms with Crippen LogP contribution in [0.15, 0.2) is 30.3 Å². The van der Waals surface area contributed by atoms with E-state index in [0.717, 1.165) is 13.1 Å². The van der Waals surface area contributed by atoms with E-state index in [1.165, 1.54) is 5.56 Å². The van der Waals surface area contributed by atoms with Crippen molar-refractivity contribution in [3.63, 3.8) is 0 Å². The molecule has 0 atom stereocenters. The second-order valence-electron chi connectivity index (χ2n) is 3.72. The molecule has 0 aromatic heterocycles. The SMILES string of the molecule is N=C1N(Cc2ccccc2)CCN1C(N)=S. The van der Waals surface area contributed by atoms with E-state index in [9.17, 15) is 0 Å². The van der Waals surface area contributed by atoms with Crippen LogP contribution in [0.1, 0.15) is 5.56 Å². The molecule has 3 N–H and O–H groups in total. The van der Waals surface area contributed by atoms with Gasteiger partial charge >= 0.3 is 0 Å². The first-order chi connectivity index (χ1) is 7.68. The number of hydrogen-bond donors (Lipinski definition) is 2. The summed E-state index contributed by atoms with van der Waals surface area (Å²) in [4.78, 5) is 3.62. The zero-order valence-corrected chi connectivity index (χ0v) is 9.70. The Bertz CT molecular complexity index is 404. The van der Waals surface area contributed by atoms with Crippen LogP contribution in [-0.4, -0.2) is 34.0 Å². The highest BCUT2D eigenvalue weighted by molar-refractivity contribution is 7.80. The van der Waals surface area contributed by atoms with Gasteiger partial charge in [0.05, 0.1) is 0 Å². The van der Waals surface area contributed by atoms with Crippen LogP contribution in [-0.2, 0) is 6.54 Å². The third-order valence-electron chi connectivity index (χ3n) is 2.63. The quantitative estimate of drug-likeness (QED) is 0.749. The molecule has 0 amide bonds. The number of nitrogens with zero attached hydrogens (tertiary/aromatic N) is 2. The van der Waals surface area contributed by atoms with Gasteiger partial charge in [-0.15, -0.1) is 0 Å². The molecule has 2 rings (SSSR count). The van der Waals surface area contributed by atoms with Gasteiger partial charge in [0.15, 0.2) is 11.1 Å². The number of guanidine groups is 1. The van der Waals surface area contributed by atoms with Crippen LogP contribution in [0.25, 0.3) is 0 Å². The molecule has 1 aliphatic rings. The third kappa shape index (κ3) is 2.14. The van der Waals surface area contributed by atoms with Crippen molar-refractivity contribution in [3.8, 4) is 0 Å². The Kier molecular flexibility index (Phi) is 3.05. The Morgan fingerprint density at radius 2 is 2.00 bits per heavy atom. The lowest BCUT2D eigenvalue weighted by Crippen LogP contribution is -2.39. The average molecular weight is 234 g/mol. The lowest BCUT2D eigenvalue weighted by atomic mass is 10.2. The van der Waals surface area contributed by atoms with Gasteiger partial charge in [-0.3, -0.25) is 10.3 Å². The molecule has 0 spiro atoms. The molecule has 1 saturated heterocycles. The summed E-state index contributed by atoms with van der Waals surface area (Å²) in [7, 11) is 0. The Morgan fingerprint density at radius 3 is 2.56 bits per heavy atom. The van der Waals surface area contributed by atoms with Crippen LogP contribution >= 0.6 is 12.2 Å². The second kappa shape index (κ2) is 4.49. The molecule has 4 nitrogen and oxygen atoms in total. The molecule has 0 radical (unpaired) electrons. The molecule has 0 unspecified atom stereocenters. The van der Waals surface area contributed by atoms with Crippen LogP contribution in [0.4, 0.5) is 0 Å². The summed E-state index contributed by atoms with van der Waals surface area (Å²) in [5.41, 5.74) is 6.73. The molecule has 0 aliphatic carbocycles. The normalized spacial score (nSPS) is 15.6. The summed E-state index contributed by atoms with van der Waals surface area (Å²) in [6, 6.07) is 10.1. The summed E-state index contributed by atoms with van der Waals surface area (Å²) in [6.07, 6.45) is 0. The standard InChI is InChI=1S/C11H14N4S/c12-10-14(6-7-15(10)11(13)16)8-9-4-2-1-3-5-9/h1-5,12H,6-8H2,(H2,13,16). The summed E-state index contributed by atoms with van der Waals surface area (Å²) in [5.74, 6) is 0.399. The molecule has 16 heavy (non-hydrogen) atoms. The highest BCUT2D eigenvalue weighted by Gasteiger charge is 2.26. The molecular weight excluding hydrogens is 220 g/mol. The summed E-state index contributed by atoms with van der Waals surface area (Å²) < 4.78 is 0. The number of benzene rings is 1. The molecule has 0 saturated carbocycles. The van der Waals surface area contributed by atoms with Gasteiger partial charge in [0.2, 0.25) is 0 Å². The highest BCUT2D eigenvalue weighted by atomic mass is 32.1. The summed E-state index contributed by atoms with van der Waals surface area (Å²) in [5, 5.41) is 8.21. The molecule has 1 aromatic rings. The van der Waals surface area contributed by atoms with Crippen LogP contribution in [0.3, 0.4) is 0 Å². The van der Waals surface area contributed by atoms with Gasteiger partial charge in [0, 0.05) is 19.6 Å². The van der Waals surface area contributed by atoms with E-state index in [2.05, 4.69) is 12.1 Å². The van der Waals surface area contributed by atoms with Crippen LogP contribution in [0.5, 0.6) is 0 Å². The third-order valence-corrected chi connectivity index (χ3v) is 2.85. The molecule has 1 aliphatic heterocycles. The van der Waals surface area contributed by atoms with Gasteiger partial charge in [-0.1, -0.05) is 30.3 Å². The predicted molar refractivity (Wildman–Crippen MR) is 68.1 cm³/mol. The lowest BCUT2D eigenvalue weighted by molar-refractivity contribution is 0.454. The highest BCUT2D eigenvalue weighted by Crippen LogP contribution is 2.12. The van der Waals surface area contributed by atoms with E-state index in [-0.39, 0.29) is 5.11 Å². The lowest BCUT2D eigenvalue weighted by Gasteiger charge is -2.20. The molecule has 1 aromatic carbocycles. The van der Waals surface area contributed by atoms with Gasteiger partial charge in [-0.05, 0) is 17.8 Å². The van der Waals surface area contributed by atoms with E-state index in [1.54, 1.807) is 4.90 Å². The first-order valence-corrected chi connectivity index (χ1v) is 5.53. The smallest absolute Gasteiger partial charge is 0.200 e. The summed E-state index contributed by atoms with van der Waals surface area (Å²) in [6.45, 7) is 2.24. The Hall–Kier alpha value is -1.62. The Balaban J connectivity index is 2.03. The molecule has 1 fully saturated rings. The average Bonchev–Trinajstić information content (AvgIpc) is 2.62. The fourth-order valence-corrected chi connectivity index (χ4v) is 1.95. The predicted octanol–water partition coefficient (Wildman–Crippen LogP) is 0.983. The second-order valence-corrected chi connectivity index (χ2v) is 4.14. The van der Waals surface area contributed by atoms with E-state index < -0.39 is 0 Å². The molecule has 5 heteroatoms. The van der Waals surface area contributed by atoms with Crippen molar-refractivity contribution in [2.75, 3.05) is 13.1 Å². The van der Waals surface area contributed by atoms with Crippen molar-refractivity contribution >= 4 is 23.3 Å². The first kappa shape index (κ1) is 10.9. The van der Waals surface area contributed by atoms with Crippen molar-refractivity contribution in [1.29, 1.82) is 5.41 Å². The van der Waals surface area contributed by atoms with Gasteiger partial charge in [-0.25, -0.2) is 0 Å². The zero-order chi connectivity index (χ0) is 11.5. The monoisotopic (exact) mass is 234 g/mol. The number of rotatable bonds is 2. The molecule has 84 valence electrons. The minimum atomic E-state index is 0.278. The maximum absolute atomic E-state index is 7.93. The van der Waals surface area contributed by atoms with E-state index in [1.807, 2.05) is 23.1 Å². The first-order valence-electron chi connectivity index (χ1n) is 5.13. The molecule has 0 bridgehead atoms. The fraction of sp³-hybridized carbons (Fsp3) is 0.273. The van der Waals surface area contributed by atoms with Gasteiger partial charge in [0.25, 0.3) is 0 Å². The van der Waals surface area contributed by atoms with Gasteiger partial charge < -0.3 is 10.6 Å². The Labute approximate surface area is 100 Å². The zero-order valence-electron chi connectivity index (χ0n) is 8.89. The number of thiocarbonyl (C=S) groups is 1. The van der Waals surface area contributed by atoms with E-state index in [0.29, 0.717) is 12.5 Å². The van der Waals surface area contributed by atoms with Crippen molar-refractivity contribution in [2.24, 2.45) is 5.73 Å². The van der Waals surface area contributed by atoms with Crippen molar-refractivity contribution in [1.82, 2.24) is 9.80 Å². The van der Waals surface area contributed by atoms with Gasteiger partial charge in [-0.2, -0.15) is 0 Å². The number of hydrogen-bond acceptors (Lipinski definition) is 2. The van der Waals surface area contributed by atoms with Crippen molar-refractivity contribution in [2.45, 2.75) is 6.54 Å². The van der Waals surface area contributed by atoms with Gasteiger partial charge in [0.1, 0.15) is 0 Å². The van der Waals surface area contributed by atoms with Crippen LogP contribution < -0.4 is 5.73 Å². The van der Waals surface area contributed by atoms with Crippen LogP contribution in [0, 0.1) is 5.41 Å². The maximum Gasteiger partial charge on any atom is 0.200 e. The Morgan fingerprint density at radius 1 is 1.31 bits per heavy atom. The van der Waals surface area contributed by atoms with E-state index >= 15 is 0 Å². The maximum atomic E-state index is 7.93. The van der Waals surface area contributed by atoms with Crippen LogP contribution in [0.2, 0.25) is 0 Å². The van der Waals surface area contributed by atoms with Crippen molar-refractivity contribution < 1.29 is 0 Å². The minimum Gasteiger partial charge on any atom is -0.376 e. The number of nitrogens with two attached hydrogens (primary N) is 1. The number of nitrogens with one attached hydrogen (secondary N) is 1.